The molecular weight excluding hydrogens is 583 g/mol. The molecule has 4 N–H and O–H groups in total. The van der Waals surface area contributed by atoms with Gasteiger partial charge in [-0.1, -0.05) is 6.92 Å². The third-order valence-corrected chi connectivity index (χ3v) is 7.11. The standard InChI is InChI=1S/C25H33IN2O8/c1-3-19(31)25(34)28(12-14-4-5-14)18-10-16(24(33)27-6-7-29)11-20(22(18)32)36-23-17(26)8-15(13-30)9-21(23)35-2/h8-9,11,14,18,20,22,29-30,32H,3-7,10,12-13H2,1-2H3,(H,27,33). The number of nitrogens with zero attached hydrogens (tertiary/aromatic N) is 1. The van der Waals surface area contributed by atoms with Crippen LogP contribution in [0.3, 0.4) is 0 Å². The van der Waals surface area contributed by atoms with Gasteiger partial charge < -0.3 is 35.0 Å². The van der Waals surface area contributed by atoms with Gasteiger partial charge in [-0.2, -0.15) is 0 Å². The first-order chi connectivity index (χ1) is 17.2. The molecule has 10 nitrogen and oxygen atoms in total. The molecule has 1 fully saturated rings. The molecule has 1 aromatic rings. The molecule has 0 aliphatic heterocycles. The first-order valence-corrected chi connectivity index (χ1v) is 13.1. The van der Waals surface area contributed by atoms with E-state index in [1.807, 2.05) is 22.6 Å². The van der Waals surface area contributed by atoms with E-state index in [1.165, 1.54) is 18.1 Å². The van der Waals surface area contributed by atoms with Crippen LogP contribution in [0.2, 0.25) is 0 Å². The van der Waals surface area contributed by atoms with Crippen LogP contribution >= 0.6 is 22.6 Å². The predicted molar refractivity (Wildman–Crippen MR) is 138 cm³/mol. The van der Waals surface area contributed by atoms with Gasteiger partial charge in [0.1, 0.15) is 12.2 Å². The number of Topliss-reactive ketones (excluding diaryl/α,β-unsaturated/α-hetero) is 1. The third-order valence-electron chi connectivity index (χ3n) is 6.31. The average molecular weight is 616 g/mol. The lowest BCUT2D eigenvalue weighted by Gasteiger charge is -2.40. The fourth-order valence-electron chi connectivity index (χ4n) is 4.15. The number of nitrogens with one attached hydrogen (secondary N) is 1. The Hall–Kier alpha value is -2.22. The van der Waals surface area contributed by atoms with E-state index in [0.717, 1.165) is 12.8 Å². The van der Waals surface area contributed by atoms with Crippen LogP contribution in [-0.2, 0) is 21.0 Å². The number of hydrogen-bond donors (Lipinski definition) is 4. The van der Waals surface area contributed by atoms with Gasteiger partial charge in [0.15, 0.2) is 11.5 Å². The normalized spacial score (nSPS) is 21.4. The van der Waals surface area contributed by atoms with Crippen molar-refractivity contribution in [1.82, 2.24) is 10.2 Å². The van der Waals surface area contributed by atoms with E-state index in [4.69, 9.17) is 14.6 Å². The van der Waals surface area contributed by atoms with Crippen LogP contribution in [0.15, 0.2) is 23.8 Å². The Labute approximate surface area is 223 Å². The highest BCUT2D eigenvalue weighted by Crippen LogP contribution is 2.38. The molecule has 3 atom stereocenters. The van der Waals surface area contributed by atoms with Crippen molar-refractivity contribution >= 4 is 40.2 Å². The number of aliphatic hydroxyl groups is 3. The van der Waals surface area contributed by atoms with Crippen molar-refractivity contribution in [2.24, 2.45) is 5.92 Å². The molecule has 0 bridgehead atoms. The van der Waals surface area contributed by atoms with E-state index in [9.17, 15) is 24.6 Å². The monoisotopic (exact) mass is 616 g/mol. The van der Waals surface area contributed by atoms with Gasteiger partial charge in [0.05, 0.1) is 29.9 Å². The van der Waals surface area contributed by atoms with Crippen LogP contribution in [0.25, 0.3) is 0 Å². The maximum absolute atomic E-state index is 13.0. The summed E-state index contributed by atoms with van der Waals surface area (Å²) < 4.78 is 12.2. The second-order valence-electron chi connectivity index (χ2n) is 8.96. The number of rotatable bonds is 12. The number of methoxy groups -OCH3 is 1. The van der Waals surface area contributed by atoms with Gasteiger partial charge in [0, 0.05) is 31.5 Å². The van der Waals surface area contributed by atoms with Crippen molar-refractivity contribution in [2.45, 2.75) is 57.5 Å². The van der Waals surface area contributed by atoms with Gasteiger partial charge in [0.2, 0.25) is 11.7 Å². The van der Waals surface area contributed by atoms with Crippen molar-refractivity contribution in [3.8, 4) is 11.5 Å². The van der Waals surface area contributed by atoms with E-state index >= 15 is 0 Å². The van der Waals surface area contributed by atoms with Crippen LogP contribution in [0.4, 0.5) is 0 Å². The molecule has 0 heterocycles. The summed E-state index contributed by atoms with van der Waals surface area (Å²) in [4.78, 5) is 39.6. The lowest BCUT2D eigenvalue weighted by atomic mass is 9.87. The molecule has 2 aliphatic carbocycles. The Morgan fingerprint density at radius 3 is 2.53 bits per heavy atom. The van der Waals surface area contributed by atoms with Gasteiger partial charge in [0.25, 0.3) is 5.91 Å². The lowest BCUT2D eigenvalue weighted by molar-refractivity contribution is -0.149. The molecule has 0 spiro atoms. The van der Waals surface area contributed by atoms with Gasteiger partial charge >= 0.3 is 0 Å². The molecule has 11 heteroatoms. The van der Waals surface area contributed by atoms with Crippen molar-refractivity contribution < 1.29 is 39.2 Å². The number of carbonyl (C=O) groups is 3. The summed E-state index contributed by atoms with van der Waals surface area (Å²) in [7, 11) is 1.45. The average Bonchev–Trinajstić information content (AvgIpc) is 3.71. The van der Waals surface area contributed by atoms with E-state index in [1.54, 1.807) is 19.1 Å². The van der Waals surface area contributed by atoms with Gasteiger partial charge in [-0.15, -0.1) is 0 Å². The maximum atomic E-state index is 13.0. The molecule has 1 aromatic carbocycles. The highest BCUT2D eigenvalue weighted by atomic mass is 127. The summed E-state index contributed by atoms with van der Waals surface area (Å²) >= 11 is 2.03. The number of hydrogen-bond acceptors (Lipinski definition) is 8. The van der Waals surface area contributed by atoms with Crippen molar-refractivity contribution in [3.63, 3.8) is 0 Å². The zero-order chi connectivity index (χ0) is 26.4. The topological polar surface area (TPSA) is 146 Å². The highest BCUT2D eigenvalue weighted by molar-refractivity contribution is 14.1. The zero-order valence-corrected chi connectivity index (χ0v) is 22.6. The maximum Gasteiger partial charge on any atom is 0.290 e. The summed E-state index contributed by atoms with van der Waals surface area (Å²) in [6.45, 7) is 1.53. The molecule has 2 amide bonds. The Balaban J connectivity index is 1.99. The molecular formula is C25H33IN2O8. The van der Waals surface area contributed by atoms with Crippen LogP contribution in [0.1, 0.15) is 38.2 Å². The van der Waals surface area contributed by atoms with Crippen LogP contribution in [-0.4, -0.2) is 82.9 Å². The van der Waals surface area contributed by atoms with E-state index in [0.29, 0.717) is 27.2 Å². The van der Waals surface area contributed by atoms with Gasteiger partial charge in [-0.3, -0.25) is 14.4 Å². The van der Waals surface area contributed by atoms with Crippen LogP contribution in [0.5, 0.6) is 11.5 Å². The Morgan fingerprint density at radius 2 is 1.94 bits per heavy atom. The number of halogens is 1. The van der Waals surface area contributed by atoms with Crippen LogP contribution < -0.4 is 14.8 Å². The minimum Gasteiger partial charge on any atom is -0.493 e. The molecule has 2 aliphatic rings. The Kier molecular flexibility index (Phi) is 10.1. The summed E-state index contributed by atoms with van der Waals surface area (Å²) in [5.74, 6) is -0.786. The summed E-state index contributed by atoms with van der Waals surface area (Å²) in [6.07, 6.45) is 1.17. The highest BCUT2D eigenvalue weighted by Gasteiger charge is 2.43. The zero-order valence-electron chi connectivity index (χ0n) is 20.4. The summed E-state index contributed by atoms with van der Waals surface area (Å²) in [6, 6.07) is 2.47. The number of benzene rings is 1. The van der Waals surface area contributed by atoms with Crippen LogP contribution in [0, 0.1) is 9.49 Å². The quantitative estimate of drug-likeness (QED) is 0.201. The summed E-state index contributed by atoms with van der Waals surface area (Å²) in [5.41, 5.74) is 0.895. The number of ketones is 1. The van der Waals surface area contributed by atoms with Gasteiger partial charge in [-0.25, -0.2) is 0 Å². The fraction of sp³-hybridized carbons (Fsp3) is 0.560. The smallest absolute Gasteiger partial charge is 0.290 e. The van der Waals surface area contributed by atoms with E-state index < -0.39 is 35.8 Å². The molecule has 1 saturated carbocycles. The van der Waals surface area contributed by atoms with E-state index in [2.05, 4.69) is 5.32 Å². The molecule has 3 rings (SSSR count). The van der Waals surface area contributed by atoms with Crippen molar-refractivity contribution in [2.75, 3.05) is 26.8 Å². The van der Waals surface area contributed by atoms with Crippen molar-refractivity contribution in [3.05, 3.63) is 32.9 Å². The lowest BCUT2D eigenvalue weighted by Crippen LogP contribution is -2.56. The second kappa shape index (κ2) is 12.8. The summed E-state index contributed by atoms with van der Waals surface area (Å²) in [5, 5.41) is 32.6. The van der Waals surface area contributed by atoms with E-state index in [-0.39, 0.29) is 44.1 Å². The largest absolute Gasteiger partial charge is 0.493 e. The molecule has 36 heavy (non-hydrogen) atoms. The van der Waals surface area contributed by atoms with Gasteiger partial charge in [-0.05, 0) is 65.1 Å². The SMILES string of the molecule is CCC(=O)C(=O)N(CC1CC1)C1CC(C(=O)NCCO)=CC(Oc2c(I)cc(CO)cc2OC)C1O. The molecule has 0 radical (unpaired) electrons. The Bertz CT molecular complexity index is 1010. The second-order valence-corrected chi connectivity index (χ2v) is 10.1. The first-order valence-electron chi connectivity index (χ1n) is 12.0. The minimum absolute atomic E-state index is 0.0332. The first kappa shape index (κ1) is 28.4. The third kappa shape index (κ3) is 6.75. The number of aliphatic hydroxyl groups excluding tert-OH is 3. The molecule has 0 saturated heterocycles. The van der Waals surface area contributed by atoms with Crippen molar-refractivity contribution in [1.29, 1.82) is 0 Å². The minimum atomic E-state index is -1.23. The predicted octanol–water partition coefficient (Wildman–Crippen LogP) is 0.925. The molecule has 3 unspecified atom stereocenters. The molecule has 0 aromatic heterocycles. The Morgan fingerprint density at radius 1 is 1.22 bits per heavy atom. The fourth-order valence-corrected chi connectivity index (χ4v) is 4.95. The number of amides is 2. The molecule has 198 valence electrons. The number of ether oxygens (including phenoxy) is 2. The number of carbonyl (C=O) groups excluding carboxylic acids is 3.